The molecule has 0 aromatic heterocycles. The van der Waals surface area contributed by atoms with E-state index in [9.17, 15) is 0 Å². The molecule has 0 spiro atoms. The maximum Gasteiger partial charge on any atom is -0.0392 e. The van der Waals surface area contributed by atoms with Gasteiger partial charge in [0.25, 0.3) is 0 Å². The van der Waals surface area contributed by atoms with E-state index >= 15 is 0 Å². The molecule has 0 bridgehead atoms. The predicted octanol–water partition coefficient (Wildman–Crippen LogP) is 4.17. The molecule has 1 aromatic rings. The van der Waals surface area contributed by atoms with Gasteiger partial charge in [-0.3, -0.25) is 0 Å². The molecular weight excluding hydrogens is 156 g/mol. The molecule has 0 heterocycles. The van der Waals surface area contributed by atoms with Crippen LogP contribution in [0.1, 0.15) is 40.8 Å². The van der Waals surface area contributed by atoms with Crippen molar-refractivity contribution >= 4 is 0 Å². The molecule has 0 aliphatic carbocycles. The second kappa shape index (κ2) is 3.95. The molecule has 0 aliphatic rings. The standard InChI is InChI=1S/C12H18.CH4/c1-7-8(2)10(4)12(6)11(5)9(7)3;/h1-6H3;1H4. The van der Waals surface area contributed by atoms with Crippen LogP contribution in [0.15, 0.2) is 0 Å². The Kier molecular flexibility index (Phi) is 3.71. The molecule has 0 unspecified atom stereocenters. The molecule has 13 heavy (non-hydrogen) atoms. The average molecular weight is 178 g/mol. The van der Waals surface area contributed by atoms with Gasteiger partial charge in [-0.05, 0) is 74.9 Å². The van der Waals surface area contributed by atoms with Crippen molar-refractivity contribution < 1.29 is 0 Å². The number of rotatable bonds is 0. The van der Waals surface area contributed by atoms with Crippen LogP contribution in [0.25, 0.3) is 0 Å². The fraction of sp³-hybridized carbons (Fsp3) is 0.538. The van der Waals surface area contributed by atoms with E-state index in [-0.39, 0.29) is 7.43 Å². The summed E-state index contributed by atoms with van der Waals surface area (Å²) in [6.07, 6.45) is 0. The Labute approximate surface area is 83.0 Å². The van der Waals surface area contributed by atoms with E-state index in [2.05, 4.69) is 41.5 Å². The van der Waals surface area contributed by atoms with Crippen molar-refractivity contribution in [3.63, 3.8) is 0 Å². The average Bonchev–Trinajstić information content (AvgIpc) is 2.08. The Morgan fingerprint density at radius 1 is 0.385 bits per heavy atom. The summed E-state index contributed by atoms with van der Waals surface area (Å²) in [5.41, 5.74) is 8.73. The summed E-state index contributed by atoms with van der Waals surface area (Å²) < 4.78 is 0. The van der Waals surface area contributed by atoms with Crippen LogP contribution in [-0.4, -0.2) is 0 Å². The summed E-state index contributed by atoms with van der Waals surface area (Å²) in [5, 5.41) is 0. The van der Waals surface area contributed by atoms with E-state index in [1.807, 2.05) is 0 Å². The van der Waals surface area contributed by atoms with Gasteiger partial charge in [0, 0.05) is 0 Å². The third-order valence-corrected chi connectivity index (χ3v) is 3.38. The maximum absolute atomic E-state index is 2.21. The molecule has 0 atom stereocenters. The first-order valence-electron chi connectivity index (χ1n) is 4.50. The highest BCUT2D eigenvalue weighted by Gasteiger charge is 2.07. The second-order valence-corrected chi connectivity index (χ2v) is 3.75. The topological polar surface area (TPSA) is 0 Å². The summed E-state index contributed by atoms with van der Waals surface area (Å²) in [6.45, 7) is 13.3. The third-order valence-electron chi connectivity index (χ3n) is 3.38. The molecule has 0 fully saturated rings. The minimum Gasteiger partial charge on any atom is -0.0776 e. The highest BCUT2D eigenvalue weighted by molar-refractivity contribution is 5.48. The van der Waals surface area contributed by atoms with Crippen LogP contribution in [0.2, 0.25) is 0 Å². The van der Waals surface area contributed by atoms with Gasteiger partial charge >= 0.3 is 0 Å². The summed E-state index contributed by atoms with van der Waals surface area (Å²) in [5.74, 6) is 0. The molecule has 0 saturated carbocycles. The van der Waals surface area contributed by atoms with Gasteiger partial charge in [-0.25, -0.2) is 0 Å². The van der Waals surface area contributed by atoms with Gasteiger partial charge in [-0.2, -0.15) is 0 Å². The van der Waals surface area contributed by atoms with Gasteiger partial charge in [0.1, 0.15) is 0 Å². The van der Waals surface area contributed by atoms with Gasteiger partial charge in [-0.1, -0.05) is 7.43 Å². The molecule has 0 saturated heterocycles. The van der Waals surface area contributed by atoms with Crippen molar-refractivity contribution in [2.45, 2.75) is 49.0 Å². The van der Waals surface area contributed by atoms with Gasteiger partial charge in [0.2, 0.25) is 0 Å². The summed E-state index contributed by atoms with van der Waals surface area (Å²) in [6, 6.07) is 0. The Balaban J connectivity index is 0.00000144. The first-order valence-corrected chi connectivity index (χ1v) is 4.50. The monoisotopic (exact) mass is 178 g/mol. The molecule has 74 valence electrons. The number of hydrogen-bond acceptors (Lipinski definition) is 0. The van der Waals surface area contributed by atoms with E-state index in [1.54, 1.807) is 0 Å². The predicted molar refractivity (Wildman–Crippen MR) is 61.6 cm³/mol. The quantitative estimate of drug-likeness (QED) is 0.559. The smallest absolute Gasteiger partial charge is 0.0392 e. The Morgan fingerprint density at radius 2 is 0.462 bits per heavy atom. The Hall–Kier alpha value is -0.780. The molecule has 0 radical (unpaired) electrons. The lowest BCUT2D eigenvalue weighted by atomic mass is 9.90. The molecule has 0 heteroatoms. The highest BCUT2D eigenvalue weighted by Crippen LogP contribution is 2.24. The van der Waals surface area contributed by atoms with Crippen molar-refractivity contribution in [3.8, 4) is 0 Å². The SMILES string of the molecule is C.Cc1c(C)c(C)c(C)c(C)c1C. The van der Waals surface area contributed by atoms with Gasteiger partial charge in [0.15, 0.2) is 0 Å². The molecule has 0 nitrogen and oxygen atoms in total. The lowest BCUT2D eigenvalue weighted by molar-refractivity contribution is 1.13. The van der Waals surface area contributed by atoms with Crippen molar-refractivity contribution in [3.05, 3.63) is 33.4 Å². The second-order valence-electron chi connectivity index (χ2n) is 3.75. The molecule has 1 rings (SSSR count). The zero-order chi connectivity index (χ0) is 9.46. The Morgan fingerprint density at radius 3 is 0.538 bits per heavy atom. The van der Waals surface area contributed by atoms with Crippen LogP contribution in [-0.2, 0) is 0 Å². The zero-order valence-corrected chi connectivity index (χ0v) is 9.00. The van der Waals surface area contributed by atoms with Crippen LogP contribution in [0, 0.1) is 41.5 Å². The number of benzene rings is 1. The van der Waals surface area contributed by atoms with Gasteiger partial charge in [-0.15, -0.1) is 0 Å². The molecule has 1 aromatic carbocycles. The van der Waals surface area contributed by atoms with Crippen LogP contribution < -0.4 is 0 Å². The minimum absolute atomic E-state index is 0. The van der Waals surface area contributed by atoms with E-state index in [0.29, 0.717) is 0 Å². The summed E-state index contributed by atoms with van der Waals surface area (Å²) in [4.78, 5) is 0. The van der Waals surface area contributed by atoms with Gasteiger partial charge in [0.05, 0.1) is 0 Å². The van der Waals surface area contributed by atoms with Crippen molar-refractivity contribution in [2.24, 2.45) is 0 Å². The van der Waals surface area contributed by atoms with E-state index < -0.39 is 0 Å². The zero-order valence-electron chi connectivity index (χ0n) is 9.00. The normalized spacial score (nSPS) is 9.69. The fourth-order valence-electron chi connectivity index (χ4n) is 1.69. The maximum atomic E-state index is 2.21. The number of hydrogen-bond donors (Lipinski definition) is 0. The van der Waals surface area contributed by atoms with Crippen molar-refractivity contribution in [1.29, 1.82) is 0 Å². The van der Waals surface area contributed by atoms with Crippen molar-refractivity contribution in [1.82, 2.24) is 0 Å². The molecule has 0 aliphatic heterocycles. The van der Waals surface area contributed by atoms with Gasteiger partial charge < -0.3 is 0 Å². The largest absolute Gasteiger partial charge is 0.0776 e. The molecule has 0 N–H and O–H groups in total. The molecular formula is C13H22. The summed E-state index contributed by atoms with van der Waals surface area (Å²) >= 11 is 0. The minimum atomic E-state index is 0. The fourth-order valence-corrected chi connectivity index (χ4v) is 1.69. The van der Waals surface area contributed by atoms with Crippen molar-refractivity contribution in [2.75, 3.05) is 0 Å². The first-order chi connectivity index (χ1) is 5.46. The third kappa shape index (κ3) is 1.77. The first kappa shape index (κ1) is 12.2. The van der Waals surface area contributed by atoms with Crippen LogP contribution in [0.3, 0.4) is 0 Å². The van der Waals surface area contributed by atoms with Crippen LogP contribution in [0.4, 0.5) is 0 Å². The van der Waals surface area contributed by atoms with Crippen LogP contribution in [0.5, 0.6) is 0 Å². The van der Waals surface area contributed by atoms with E-state index in [4.69, 9.17) is 0 Å². The summed E-state index contributed by atoms with van der Waals surface area (Å²) in [7, 11) is 0. The highest BCUT2D eigenvalue weighted by atomic mass is 14.1. The lowest BCUT2D eigenvalue weighted by Gasteiger charge is -2.15. The van der Waals surface area contributed by atoms with E-state index in [0.717, 1.165) is 0 Å². The van der Waals surface area contributed by atoms with E-state index in [1.165, 1.54) is 33.4 Å². The lowest BCUT2D eigenvalue weighted by Crippen LogP contribution is -1.98. The molecule has 0 amide bonds. The van der Waals surface area contributed by atoms with Crippen LogP contribution >= 0.6 is 0 Å². The Bertz CT molecular complexity index is 214.